The van der Waals surface area contributed by atoms with Gasteiger partial charge in [0.25, 0.3) is 11.8 Å². The van der Waals surface area contributed by atoms with Crippen LogP contribution < -0.4 is 11.1 Å². The monoisotopic (exact) mass is 226 g/mol. The molecule has 0 bridgehead atoms. The zero-order valence-corrected chi connectivity index (χ0v) is 9.20. The van der Waals surface area contributed by atoms with Gasteiger partial charge in [0.2, 0.25) is 0 Å². The summed E-state index contributed by atoms with van der Waals surface area (Å²) in [4.78, 5) is 23.4. The number of benzene rings is 2. The third-order valence-electron chi connectivity index (χ3n) is 3.20. The number of hydrogen-bond donors (Lipinski definition) is 2. The van der Waals surface area contributed by atoms with Crippen LogP contribution in [0, 0.1) is 6.92 Å². The van der Waals surface area contributed by atoms with Crippen molar-refractivity contribution < 1.29 is 9.59 Å². The van der Waals surface area contributed by atoms with E-state index >= 15 is 0 Å². The molecule has 0 radical (unpaired) electrons. The van der Waals surface area contributed by atoms with Gasteiger partial charge in [-0.2, -0.15) is 0 Å². The molecule has 2 amide bonds. The van der Waals surface area contributed by atoms with Crippen molar-refractivity contribution in [1.82, 2.24) is 5.32 Å². The van der Waals surface area contributed by atoms with Crippen LogP contribution in [0.4, 0.5) is 5.69 Å². The van der Waals surface area contributed by atoms with Crippen LogP contribution in [-0.2, 0) is 0 Å². The zero-order valence-electron chi connectivity index (χ0n) is 9.20. The fraction of sp³-hybridized carbons (Fsp3) is 0.0769. The molecule has 1 aliphatic rings. The summed E-state index contributed by atoms with van der Waals surface area (Å²) >= 11 is 0. The van der Waals surface area contributed by atoms with Crippen molar-refractivity contribution >= 4 is 28.3 Å². The van der Waals surface area contributed by atoms with Gasteiger partial charge in [0.05, 0.1) is 11.1 Å². The van der Waals surface area contributed by atoms with Gasteiger partial charge in [-0.3, -0.25) is 14.9 Å². The van der Waals surface area contributed by atoms with E-state index in [2.05, 4.69) is 5.32 Å². The minimum Gasteiger partial charge on any atom is -0.398 e. The second-order valence-corrected chi connectivity index (χ2v) is 4.12. The molecule has 17 heavy (non-hydrogen) atoms. The van der Waals surface area contributed by atoms with Crippen LogP contribution in [0.15, 0.2) is 24.3 Å². The molecule has 3 rings (SSSR count). The first kappa shape index (κ1) is 9.84. The Morgan fingerprint density at radius 2 is 1.59 bits per heavy atom. The van der Waals surface area contributed by atoms with Crippen LogP contribution in [0.3, 0.4) is 0 Å². The van der Waals surface area contributed by atoms with E-state index in [9.17, 15) is 9.59 Å². The van der Waals surface area contributed by atoms with Crippen molar-refractivity contribution in [2.24, 2.45) is 0 Å². The van der Waals surface area contributed by atoms with Crippen molar-refractivity contribution in [3.63, 3.8) is 0 Å². The number of hydrogen-bond acceptors (Lipinski definition) is 3. The average Bonchev–Trinajstić information content (AvgIpc) is 2.62. The van der Waals surface area contributed by atoms with Crippen molar-refractivity contribution in [2.45, 2.75) is 6.92 Å². The SMILES string of the molecule is Cc1c(N)c2c(c3ccccc13)C(=O)NC2=O. The summed E-state index contributed by atoms with van der Waals surface area (Å²) in [5, 5.41) is 3.97. The van der Waals surface area contributed by atoms with Gasteiger partial charge in [-0.1, -0.05) is 24.3 Å². The van der Waals surface area contributed by atoms with Crippen molar-refractivity contribution in [1.29, 1.82) is 0 Å². The molecule has 0 aromatic heterocycles. The maximum atomic E-state index is 11.8. The van der Waals surface area contributed by atoms with E-state index in [1.807, 2.05) is 31.2 Å². The van der Waals surface area contributed by atoms with E-state index in [1.54, 1.807) is 0 Å². The summed E-state index contributed by atoms with van der Waals surface area (Å²) in [6.45, 7) is 1.86. The molecule has 4 heteroatoms. The molecule has 1 aliphatic heterocycles. The molecular weight excluding hydrogens is 216 g/mol. The fourth-order valence-corrected chi connectivity index (χ4v) is 2.33. The van der Waals surface area contributed by atoms with Crippen molar-refractivity contribution in [3.05, 3.63) is 41.0 Å². The lowest BCUT2D eigenvalue weighted by atomic mass is 9.94. The molecule has 0 spiro atoms. The van der Waals surface area contributed by atoms with E-state index in [1.165, 1.54) is 0 Å². The first-order valence-electron chi connectivity index (χ1n) is 5.27. The molecule has 84 valence electrons. The number of aryl methyl sites for hydroxylation is 1. The smallest absolute Gasteiger partial charge is 0.261 e. The zero-order chi connectivity index (χ0) is 12.2. The van der Waals surface area contributed by atoms with Crippen LogP contribution in [-0.4, -0.2) is 11.8 Å². The standard InChI is InChI=1S/C13H10N2O2/c1-6-7-4-2-3-5-8(7)9-10(11(6)14)13(17)15-12(9)16/h2-5H,14H2,1H3,(H,15,16,17). The molecule has 2 aromatic carbocycles. The van der Waals surface area contributed by atoms with Gasteiger partial charge in [0.15, 0.2) is 0 Å². The molecule has 0 unspecified atom stereocenters. The van der Waals surface area contributed by atoms with Crippen LogP contribution in [0.1, 0.15) is 26.3 Å². The van der Waals surface area contributed by atoms with Gasteiger partial charge in [-0.05, 0) is 23.3 Å². The van der Waals surface area contributed by atoms with Crippen LogP contribution in [0.2, 0.25) is 0 Å². The third-order valence-corrected chi connectivity index (χ3v) is 3.20. The fourth-order valence-electron chi connectivity index (χ4n) is 2.33. The van der Waals surface area contributed by atoms with Gasteiger partial charge in [0, 0.05) is 5.69 Å². The highest BCUT2D eigenvalue weighted by Gasteiger charge is 2.32. The first-order valence-corrected chi connectivity index (χ1v) is 5.27. The van der Waals surface area contributed by atoms with Crippen molar-refractivity contribution in [3.8, 4) is 0 Å². The van der Waals surface area contributed by atoms with Gasteiger partial charge in [0.1, 0.15) is 0 Å². The van der Waals surface area contributed by atoms with Crippen molar-refractivity contribution in [2.75, 3.05) is 5.73 Å². The Hall–Kier alpha value is -2.36. The van der Waals surface area contributed by atoms with Gasteiger partial charge in [-0.15, -0.1) is 0 Å². The summed E-state index contributed by atoms with van der Waals surface area (Å²) < 4.78 is 0. The van der Waals surface area contributed by atoms with E-state index in [0.29, 0.717) is 16.8 Å². The Balaban J connectivity index is 2.59. The van der Waals surface area contributed by atoms with Crippen LogP contribution in [0.25, 0.3) is 10.8 Å². The number of amides is 2. The molecule has 0 aliphatic carbocycles. The number of fused-ring (bicyclic) bond motifs is 3. The summed E-state index contributed by atoms with van der Waals surface area (Å²) in [7, 11) is 0. The number of nitrogens with one attached hydrogen (secondary N) is 1. The Morgan fingerprint density at radius 1 is 1.00 bits per heavy atom. The highest BCUT2D eigenvalue weighted by molar-refractivity contribution is 6.29. The largest absolute Gasteiger partial charge is 0.398 e. The molecule has 4 nitrogen and oxygen atoms in total. The van der Waals surface area contributed by atoms with E-state index < -0.39 is 5.91 Å². The average molecular weight is 226 g/mol. The molecule has 0 saturated carbocycles. The minimum absolute atomic E-state index is 0.311. The lowest BCUT2D eigenvalue weighted by molar-refractivity contribution is 0.0880. The summed E-state index contributed by atoms with van der Waals surface area (Å²) in [6.07, 6.45) is 0. The number of carbonyl (C=O) groups is 2. The van der Waals surface area contributed by atoms with Gasteiger partial charge in [-0.25, -0.2) is 0 Å². The molecule has 1 heterocycles. The maximum absolute atomic E-state index is 11.8. The predicted molar refractivity (Wildman–Crippen MR) is 64.9 cm³/mol. The molecule has 0 fully saturated rings. The lowest BCUT2D eigenvalue weighted by Gasteiger charge is -2.10. The second-order valence-electron chi connectivity index (χ2n) is 4.12. The van der Waals surface area contributed by atoms with E-state index in [0.717, 1.165) is 16.3 Å². The molecular formula is C13H10N2O2. The normalized spacial score (nSPS) is 13.9. The first-order chi connectivity index (χ1) is 8.11. The highest BCUT2D eigenvalue weighted by atomic mass is 16.2. The number of rotatable bonds is 0. The van der Waals surface area contributed by atoms with E-state index in [4.69, 9.17) is 5.73 Å². The number of nitrogen functional groups attached to an aromatic ring is 1. The molecule has 0 atom stereocenters. The molecule has 2 aromatic rings. The number of imide groups is 1. The molecule has 3 N–H and O–H groups in total. The summed E-state index contributed by atoms with van der Waals surface area (Å²) in [6, 6.07) is 7.46. The van der Waals surface area contributed by atoms with E-state index in [-0.39, 0.29) is 5.91 Å². The quantitative estimate of drug-likeness (QED) is 0.529. The second kappa shape index (κ2) is 3.07. The number of carbonyl (C=O) groups excluding carboxylic acids is 2. The highest BCUT2D eigenvalue weighted by Crippen LogP contribution is 2.34. The lowest BCUT2D eigenvalue weighted by Crippen LogP contribution is -2.20. The molecule has 0 saturated heterocycles. The third kappa shape index (κ3) is 1.12. The Kier molecular flexibility index (Phi) is 1.78. The Bertz CT molecular complexity index is 689. The number of anilines is 1. The summed E-state index contributed by atoms with van der Waals surface area (Å²) in [5.74, 6) is -0.774. The minimum atomic E-state index is -0.406. The van der Waals surface area contributed by atoms with Crippen LogP contribution in [0.5, 0.6) is 0 Å². The van der Waals surface area contributed by atoms with Gasteiger partial charge < -0.3 is 5.73 Å². The maximum Gasteiger partial charge on any atom is 0.261 e. The predicted octanol–water partition coefficient (Wildman–Crippen LogP) is 1.61. The Morgan fingerprint density at radius 3 is 2.29 bits per heavy atom. The number of nitrogens with two attached hydrogens (primary N) is 1. The topological polar surface area (TPSA) is 72.2 Å². The van der Waals surface area contributed by atoms with Crippen LogP contribution >= 0.6 is 0 Å². The van der Waals surface area contributed by atoms with Gasteiger partial charge >= 0.3 is 0 Å². The summed E-state index contributed by atoms with van der Waals surface area (Å²) in [5.41, 5.74) is 7.88. The Labute approximate surface area is 97.4 Å².